The molecule has 0 aliphatic carbocycles. The van der Waals surface area contributed by atoms with Gasteiger partial charge in [0.25, 0.3) is 0 Å². The Labute approximate surface area is 120 Å². The maximum absolute atomic E-state index is 10.9. The molecule has 0 radical (unpaired) electrons. The van der Waals surface area contributed by atoms with Crippen molar-refractivity contribution in [2.45, 2.75) is 39.3 Å². The van der Waals surface area contributed by atoms with E-state index in [0.717, 1.165) is 15.0 Å². The van der Waals surface area contributed by atoms with Gasteiger partial charge in [0.05, 0.1) is 16.4 Å². The van der Waals surface area contributed by atoms with Crippen molar-refractivity contribution in [2.75, 3.05) is 0 Å². The van der Waals surface area contributed by atoms with E-state index in [0.29, 0.717) is 0 Å². The van der Waals surface area contributed by atoms with E-state index in [9.17, 15) is 5.11 Å². The smallest absolute Gasteiger partial charge is 0.139 e. The topological polar surface area (TPSA) is 38.1 Å². The molecule has 0 spiro atoms. The Hall–Kier alpha value is -0.650. The molecule has 2 aromatic rings. The Kier molecular flexibility index (Phi) is 3.67. The molecule has 2 aromatic heterocycles. The van der Waals surface area contributed by atoms with Gasteiger partial charge >= 0.3 is 0 Å². The molecule has 3 nitrogen and oxygen atoms in total. The summed E-state index contributed by atoms with van der Waals surface area (Å²) in [6, 6.07) is 4.21. The molecule has 0 aliphatic rings. The third-order valence-electron chi connectivity index (χ3n) is 2.92. The number of aryl methyl sites for hydroxylation is 1. The Bertz CT molecular complexity index is 557. The summed E-state index contributed by atoms with van der Waals surface area (Å²) < 4.78 is 2.70. The van der Waals surface area contributed by atoms with Crippen LogP contribution in [0.25, 0.3) is 0 Å². The molecule has 18 heavy (non-hydrogen) atoms. The summed E-state index contributed by atoms with van der Waals surface area (Å²) in [6.45, 7) is 7.97. The van der Waals surface area contributed by atoms with Crippen LogP contribution in [0.3, 0.4) is 0 Å². The molecule has 5 heteroatoms. The first-order valence-corrected chi connectivity index (χ1v) is 7.47. The van der Waals surface area contributed by atoms with E-state index in [1.807, 2.05) is 30.7 Å². The van der Waals surface area contributed by atoms with E-state index in [2.05, 4.69) is 34.9 Å². The first-order chi connectivity index (χ1) is 8.34. The van der Waals surface area contributed by atoms with Crippen LogP contribution >= 0.6 is 27.3 Å². The molecule has 1 atom stereocenters. The quantitative estimate of drug-likeness (QED) is 0.929. The normalized spacial score (nSPS) is 15.1. The number of aromatic nitrogens is 2. The molecule has 1 N–H and O–H groups in total. The van der Waals surface area contributed by atoms with Gasteiger partial charge in [0.2, 0.25) is 0 Å². The van der Waals surface area contributed by atoms with E-state index in [-0.39, 0.29) is 6.04 Å². The second kappa shape index (κ2) is 4.79. The number of rotatable bonds is 3. The molecule has 0 aliphatic heterocycles. The van der Waals surface area contributed by atoms with Gasteiger partial charge in [-0.2, -0.15) is 5.10 Å². The van der Waals surface area contributed by atoms with Crippen LogP contribution in [0, 0.1) is 6.92 Å². The van der Waals surface area contributed by atoms with Crippen LogP contribution < -0.4 is 0 Å². The third kappa shape index (κ3) is 2.27. The second-order valence-electron chi connectivity index (χ2n) is 4.86. The fourth-order valence-corrected chi connectivity index (χ4v) is 3.57. The van der Waals surface area contributed by atoms with Crippen molar-refractivity contribution >= 4 is 27.3 Å². The van der Waals surface area contributed by atoms with Crippen LogP contribution in [0.15, 0.2) is 22.8 Å². The van der Waals surface area contributed by atoms with Crippen molar-refractivity contribution in [3.8, 4) is 0 Å². The largest absolute Gasteiger partial charge is 0.378 e. The number of halogens is 1. The Morgan fingerprint density at radius 3 is 2.61 bits per heavy atom. The molecule has 0 amide bonds. The summed E-state index contributed by atoms with van der Waals surface area (Å²) in [7, 11) is 0. The van der Waals surface area contributed by atoms with Crippen molar-refractivity contribution in [1.29, 1.82) is 0 Å². The number of hydrogen-bond donors (Lipinski definition) is 1. The molecule has 2 heterocycles. The third-order valence-corrected chi connectivity index (χ3v) is 4.71. The van der Waals surface area contributed by atoms with Crippen LogP contribution in [-0.4, -0.2) is 14.9 Å². The first-order valence-electron chi connectivity index (χ1n) is 5.86. The van der Waals surface area contributed by atoms with Crippen LogP contribution in [0.5, 0.6) is 0 Å². The minimum atomic E-state index is -1.03. The molecule has 2 rings (SSSR count). The zero-order valence-corrected chi connectivity index (χ0v) is 13.3. The van der Waals surface area contributed by atoms with Gasteiger partial charge in [-0.25, -0.2) is 0 Å². The Morgan fingerprint density at radius 2 is 2.11 bits per heavy atom. The molecule has 98 valence electrons. The minimum Gasteiger partial charge on any atom is -0.378 e. The Morgan fingerprint density at radius 1 is 1.44 bits per heavy atom. The number of nitrogens with zero attached hydrogens (tertiary/aromatic N) is 2. The number of aliphatic hydroxyl groups is 1. The molecular weight excluding hydrogens is 312 g/mol. The zero-order chi connectivity index (χ0) is 13.5. The highest BCUT2D eigenvalue weighted by molar-refractivity contribution is 9.10. The van der Waals surface area contributed by atoms with Gasteiger partial charge in [-0.05, 0) is 55.8 Å². The lowest BCUT2D eigenvalue weighted by atomic mass is 10.00. The summed E-state index contributed by atoms with van der Waals surface area (Å²) in [4.78, 5) is 2.13. The van der Waals surface area contributed by atoms with Crippen molar-refractivity contribution < 1.29 is 5.11 Å². The average molecular weight is 329 g/mol. The van der Waals surface area contributed by atoms with Gasteiger partial charge in [-0.3, -0.25) is 4.68 Å². The van der Waals surface area contributed by atoms with Crippen molar-refractivity contribution in [1.82, 2.24) is 9.78 Å². The SMILES string of the molecule is Cc1ccc(C(C)(O)c2c(Br)cnn2C(C)C)s1. The lowest BCUT2D eigenvalue weighted by molar-refractivity contribution is 0.0930. The van der Waals surface area contributed by atoms with E-state index in [4.69, 9.17) is 0 Å². The summed E-state index contributed by atoms with van der Waals surface area (Å²) in [5.74, 6) is 0. The van der Waals surface area contributed by atoms with Crippen LogP contribution in [0.2, 0.25) is 0 Å². The van der Waals surface area contributed by atoms with Crippen LogP contribution in [-0.2, 0) is 5.60 Å². The lowest BCUT2D eigenvalue weighted by Crippen LogP contribution is -2.27. The van der Waals surface area contributed by atoms with Gasteiger partial charge in [-0.15, -0.1) is 11.3 Å². The predicted octanol–water partition coefficient (Wildman–Crippen LogP) is 3.85. The highest BCUT2D eigenvalue weighted by atomic mass is 79.9. The molecule has 0 saturated heterocycles. The maximum Gasteiger partial charge on any atom is 0.139 e. The van der Waals surface area contributed by atoms with Gasteiger partial charge in [0.1, 0.15) is 5.60 Å². The molecule has 0 fully saturated rings. The molecule has 1 unspecified atom stereocenters. The fourth-order valence-electron chi connectivity index (χ4n) is 2.00. The van der Waals surface area contributed by atoms with Crippen molar-refractivity contribution in [3.05, 3.63) is 38.3 Å². The van der Waals surface area contributed by atoms with E-state index < -0.39 is 5.60 Å². The molecule has 0 aromatic carbocycles. The monoisotopic (exact) mass is 328 g/mol. The van der Waals surface area contributed by atoms with Crippen molar-refractivity contribution in [2.24, 2.45) is 0 Å². The molecule has 0 bridgehead atoms. The van der Waals surface area contributed by atoms with Crippen LogP contribution in [0.4, 0.5) is 0 Å². The van der Waals surface area contributed by atoms with E-state index in [1.165, 1.54) is 4.88 Å². The molecule has 0 saturated carbocycles. The molecular formula is C13H17BrN2OS. The summed E-state index contributed by atoms with van der Waals surface area (Å²) >= 11 is 5.10. The summed E-state index contributed by atoms with van der Waals surface area (Å²) in [6.07, 6.45) is 1.74. The zero-order valence-electron chi connectivity index (χ0n) is 10.9. The fraction of sp³-hybridized carbons (Fsp3) is 0.462. The first kappa shape index (κ1) is 13.8. The summed E-state index contributed by atoms with van der Waals surface area (Å²) in [5, 5.41) is 15.2. The maximum atomic E-state index is 10.9. The summed E-state index contributed by atoms with van der Waals surface area (Å²) in [5.41, 5.74) is -0.224. The van der Waals surface area contributed by atoms with Crippen molar-refractivity contribution in [3.63, 3.8) is 0 Å². The van der Waals surface area contributed by atoms with E-state index in [1.54, 1.807) is 17.5 Å². The average Bonchev–Trinajstić information content (AvgIpc) is 2.84. The lowest BCUT2D eigenvalue weighted by Gasteiger charge is -2.25. The minimum absolute atomic E-state index is 0.207. The number of thiophene rings is 1. The van der Waals surface area contributed by atoms with E-state index >= 15 is 0 Å². The van der Waals surface area contributed by atoms with Crippen LogP contribution in [0.1, 0.15) is 42.3 Å². The Balaban J connectivity index is 2.56. The van der Waals surface area contributed by atoms with Gasteiger partial charge in [0, 0.05) is 15.8 Å². The standard InChI is InChI=1S/C13H17BrN2OS/c1-8(2)16-12(10(14)7-15-16)13(4,17)11-6-5-9(3)18-11/h5-8,17H,1-4H3. The predicted molar refractivity (Wildman–Crippen MR) is 78.0 cm³/mol. The van der Waals surface area contributed by atoms with Gasteiger partial charge in [0.15, 0.2) is 0 Å². The highest BCUT2D eigenvalue weighted by Gasteiger charge is 2.34. The highest BCUT2D eigenvalue weighted by Crippen LogP contribution is 2.38. The number of hydrogen-bond acceptors (Lipinski definition) is 3. The van der Waals surface area contributed by atoms with Gasteiger partial charge in [-0.1, -0.05) is 0 Å². The van der Waals surface area contributed by atoms with Gasteiger partial charge < -0.3 is 5.11 Å². The second-order valence-corrected chi connectivity index (χ2v) is 7.00.